The van der Waals surface area contributed by atoms with Gasteiger partial charge in [0.1, 0.15) is 5.82 Å². The van der Waals surface area contributed by atoms with E-state index in [0.717, 1.165) is 49.3 Å². The molecule has 4 rings (SSSR count). The van der Waals surface area contributed by atoms with Gasteiger partial charge in [0.25, 0.3) is 0 Å². The number of carbonyl (C=O) groups excluding carboxylic acids is 1. The molecule has 190 valence electrons. The van der Waals surface area contributed by atoms with E-state index in [9.17, 15) is 22.4 Å². The molecule has 0 spiro atoms. The third kappa shape index (κ3) is 6.19. The Kier molecular flexibility index (Phi) is 7.44. The van der Waals surface area contributed by atoms with Gasteiger partial charge in [-0.3, -0.25) is 0 Å². The Labute approximate surface area is 201 Å². The summed E-state index contributed by atoms with van der Waals surface area (Å²) in [5.41, 5.74) is 0.715. The Bertz CT molecular complexity index is 1050. The van der Waals surface area contributed by atoms with Gasteiger partial charge in [0.2, 0.25) is 5.95 Å². The number of hydrogen-bond acceptors (Lipinski definition) is 5. The molecule has 0 radical (unpaired) electrons. The highest BCUT2D eigenvalue weighted by atomic mass is 19.4. The lowest BCUT2D eigenvalue weighted by Gasteiger charge is -2.32. The van der Waals surface area contributed by atoms with E-state index in [1.54, 1.807) is 11.1 Å². The number of aromatic nitrogens is 2. The highest BCUT2D eigenvalue weighted by Gasteiger charge is 2.35. The smallest absolute Gasteiger partial charge is 0.352 e. The molecule has 0 saturated carbocycles. The minimum absolute atomic E-state index is 0.159. The summed E-state index contributed by atoms with van der Waals surface area (Å²) in [4.78, 5) is 25.8. The van der Waals surface area contributed by atoms with Crippen LogP contribution in [0.3, 0.4) is 0 Å². The zero-order valence-corrected chi connectivity index (χ0v) is 19.8. The summed E-state index contributed by atoms with van der Waals surface area (Å²) >= 11 is 0. The summed E-state index contributed by atoms with van der Waals surface area (Å²) in [5, 5.41) is 6.08. The fourth-order valence-corrected chi connectivity index (χ4v) is 4.48. The summed E-state index contributed by atoms with van der Waals surface area (Å²) < 4.78 is 53.5. The first kappa shape index (κ1) is 25.2. The van der Waals surface area contributed by atoms with Crippen LogP contribution in [0.2, 0.25) is 0 Å². The second-order valence-electron chi connectivity index (χ2n) is 9.38. The summed E-state index contributed by atoms with van der Waals surface area (Å²) in [7, 11) is 0. The number of fused-ring (bicyclic) bond motifs is 1. The standard InChI is InChI=1S/C24H30F4N6O/c1-15(2)30-22-29-12-17-7-10-34(14-21(17)31-22)23(35)32-20(13-33-8-3-4-9-33)16-5-6-18(19(25)11-16)24(26,27)28/h5-6,11-12,15,20H,3-4,7-10,13-14H2,1-2H3,(H,32,35)(H,29,30,31). The zero-order chi connectivity index (χ0) is 25.2. The maximum Gasteiger partial charge on any atom is 0.419 e. The van der Waals surface area contributed by atoms with Gasteiger partial charge >= 0.3 is 12.2 Å². The second kappa shape index (κ2) is 10.3. The molecule has 2 amide bonds. The fourth-order valence-electron chi connectivity index (χ4n) is 4.48. The molecular weight excluding hydrogens is 464 g/mol. The van der Waals surface area contributed by atoms with E-state index >= 15 is 0 Å². The normalized spacial score (nSPS) is 17.4. The topological polar surface area (TPSA) is 73.4 Å². The summed E-state index contributed by atoms with van der Waals surface area (Å²) in [5.74, 6) is -0.849. The van der Waals surface area contributed by atoms with E-state index in [0.29, 0.717) is 31.0 Å². The van der Waals surface area contributed by atoms with Gasteiger partial charge in [-0.2, -0.15) is 13.2 Å². The average Bonchev–Trinajstić information content (AvgIpc) is 3.30. The van der Waals surface area contributed by atoms with E-state index in [1.165, 1.54) is 6.07 Å². The number of anilines is 1. The van der Waals surface area contributed by atoms with Crippen molar-refractivity contribution in [1.29, 1.82) is 0 Å². The predicted octanol–water partition coefficient (Wildman–Crippen LogP) is 4.36. The van der Waals surface area contributed by atoms with Gasteiger partial charge in [0.05, 0.1) is 23.8 Å². The number of hydrogen-bond donors (Lipinski definition) is 2. The fraction of sp³-hybridized carbons (Fsp3) is 0.542. The molecule has 7 nitrogen and oxygen atoms in total. The van der Waals surface area contributed by atoms with Crippen molar-refractivity contribution in [3.05, 3.63) is 52.6 Å². The van der Waals surface area contributed by atoms with Gasteiger partial charge in [-0.25, -0.2) is 19.2 Å². The molecule has 11 heteroatoms. The second-order valence-corrected chi connectivity index (χ2v) is 9.38. The Morgan fingerprint density at radius 2 is 1.91 bits per heavy atom. The van der Waals surface area contributed by atoms with E-state index in [-0.39, 0.29) is 18.6 Å². The lowest BCUT2D eigenvalue weighted by Crippen LogP contribution is -2.46. The van der Waals surface area contributed by atoms with Crippen LogP contribution in [-0.2, 0) is 19.1 Å². The van der Waals surface area contributed by atoms with Crippen molar-refractivity contribution in [3.63, 3.8) is 0 Å². The summed E-state index contributed by atoms with van der Waals surface area (Å²) in [6.45, 7) is 6.75. The van der Waals surface area contributed by atoms with Crippen molar-refractivity contribution in [1.82, 2.24) is 25.1 Å². The number of nitrogens with zero attached hydrogens (tertiary/aromatic N) is 4. The maximum atomic E-state index is 14.3. The van der Waals surface area contributed by atoms with Crippen LogP contribution < -0.4 is 10.6 Å². The molecule has 2 N–H and O–H groups in total. The quantitative estimate of drug-likeness (QED) is 0.584. The van der Waals surface area contributed by atoms with Crippen molar-refractivity contribution in [3.8, 4) is 0 Å². The highest BCUT2D eigenvalue weighted by molar-refractivity contribution is 5.75. The van der Waals surface area contributed by atoms with Crippen LogP contribution in [0.15, 0.2) is 24.4 Å². The van der Waals surface area contributed by atoms with Gasteiger partial charge in [-0.15, -0.1) is 0 Å². The molecule has 1 atom stereocenters. The van der Waals surface area contributed by atoms with Crippen LogP contribution in [-0.4, -0.2) is 58.0 Å². The van der Waals surface area contributed by atoms with Crippen LogP contribution in [0.5, 0.6) is 0 Å². The first-order valence-electron chi connectivity index (χ1n) is 11.9. The minimum atomic E-state index is -4.78. The van der Waals surface area contributed by atoms with E-state index in [4.69, 9.17) is 0 Å². The molecule has 1 aromatic carbocycles. The molecule has 1 unspecified atom stereocenters. The lowest BCUT2D eigenvalue weighted by atomic mass is 10.0. The van der Waals surface area contributed by atoms with Gasteiger partial charge in [-0.05, 0) is 69.5 Å². The number of nitrogens with one attached hydrogen (secondary N) is 2. The molecule has 3 heterocycles. The molecule has 2 aliphatic rings. The van der Waals surface area contributed by atoms with Crippen molar-refractivity contribution < 1.29 is 22.4 Å². The minimum Gasteiger partial charge on any atom is -0.352 e. The van der Waals surface area contributed by atoms with Crippen LogP contribution in [0.25, 0.3) is 0 Å². The molecule has 2 aromatic rings. The van der Waals surface area contributed by atoms with Crippen molar-refractivity contribution in [2.45, 2.75) is 57.9 Å². The lowest BCUT2D eigenvalue weighted by molar-refractivity contribution is -0.140. The van der Waals surface area contributed by atoms with Gasteiger partial charge in [-0.1, -0.05) is 6.07 Å². The third-order valence-electron chi connectivity index (χ3n) is 6.29. The predicted molar refractivity (Wildman–Crippen MR) is 123 cm³/mol. The monoisotopic (exact) mass is 494 g/mol. The molecule has 0 aliphatic carbocycles. The van der Waals surface area contributed by atoms with Crippen molar-refractivity contribution in [2.24, 2.45) is 0 Å². The Hall–Kier alpha value is -2.95. The Balaban J connectivity index is 1.51. The molecular formula is C24H30F4N6O. The van der Waals surface area contributed by atoms with E-state index in [1.807, 2.05) is 13.8 Å². The highest BCUT2D eigenvalue weighted by Crippen LogP contribution is 2.33. The first-order valence-corrected chi connectivity index (χ1v) is 11.9. The SMILES string of the molecule is CC(C)Nc1ncc2c(n1)CN(C(=O)NC(CN1CCCC1)c1ccc(C(F)(F)F)c(F)c1)CC2. The number of amides is 2. The Morgan fingerprint density at radius 1 is 1.17 bits per heavy atom. The van der Waals surface area contributed by atoms with Gasteiger partial charge < -0.3 is 20.4 Å². The molecule has 35 heavy (non-hydrogen) atoms. The number of urea groups is 1. The Morgan fingerprint density at radius 3 is 2.57 bits per heavy atom. The molecule has 1 saturated heterocycles. The molecule has 1 aromatic heterocycles. The molecule has 0 bridgehead atoms. The van der Waals surface area contributed by atoms with Crippen LogP contribution >= 0.6 is 0 Å². The number of halogens is 4. The van der Waals surface area contributed by atoms with Crippen LogP contribution in [0.4, 0.5) is 28.3 Å². The molecule has 2 aliphatic heterocycles. The number of carbonyl (C=O) groups is 1. The average molecular weight is 495 g/mol. The number of benzene rings is 1. The number of rotatable bonds is 6. The summed E-state index contributed by atoms with van der Waals surface area (Å²) in [6.07, 6.45) is -0.392. The van der Waals surface area contributed by atoms with Crippen molar-refractivity contribution in [2.75, 3.05) is 31.5 Å². The number of likely N-dealkylation sites (tertiary alicyclic amines) is 1. The third-order valence-corrected chi connectivity index (χ3v) is 6.29. The first-order chi connectivity index (χ1) is 16.6. The van der Waals surface area contributed by atoms with Crippen LogP contribution in [0, 0.1) is 5.82 Å². The van der Waals surface area contributed by atoms with Gasteiger partial charge in [0, 0.05) is 25.3 Å². The maximum absolute atomic E-state index is 14.3. The van der Waals surface area contributed by atoms with Crippen LogP contribution in [0.1, 0.15) is 55.1 Å². The largest absolute Gasteiger partial charge is 0.419 e. The molecule has 1 fully saturated rings. The van der Waals surface area contributed by atoms with E-state index < -0.39 is 23.6 Å². The number of alkyl halides is 3. The van der Waals surface area contributed by atoms with E-state index in [2.05, 4.69) is 25.5 Å². The van der Waals surface area contributed by atoms with Crippen molar-refractivity contribution >= 4 is 12.0 Å². The van der Waals surface area contributed by atoms with Gasteiger partial charge in [0.15, 0.2) is 0 Å². The zero-order valence-electron chi connectivity index (χ0n) is 19.8. The summed E-state index contributed by atoms with van der Waals surface area (Å²) in [6, 6.07) is 2.01.